The fourth-order valence-corrected chi connectivity index (χ4v) is 1.40. The van der Waals surface area contributed by atoms with Crippen LogP contribution >= 0.6 is 11.6 Å². The van der Waals surface area contributed by atoms with E-state index in [1.807, 2.05) is 6.07 Å². The van der Waals surface area contributed by atoms with E-state index in [1.54, 1.807) is 12.3 Å². The Morgan fingerprint density at radius 2 is 2.46 bits per heavy atom. The third-order valence-electron chi connectivity index (χ3n) is 1.87. The zero-order chi connectivity index (χ0) is 9.26. The molecule has 1 aromatic rings. The van der Waals surface area contributed by atoms with Gasteiger partial charge in [-0.05, 0) is 19.1 Å². The minimum atomic E-state index is 0.399. The van der Waals surface area contributed by atoms with Crippen molar-refractivity contribution in [3.63, 3.8) is 0 Å². The number of aromatic nitrogens is 1. The highest BCUT2D eigenvalue weighted by Gasteiger charge is 2.14. The van der Waals surface area contributed by atoms with E-state index in [-0.39, 0.29) is 0 Å². The molecule has 1 aliphatic heterocycles. The van der Waals surface area contributed by atoms with Gasteiger partial charge in [-0.15, -0.1) is 0 Å². The Balaban J connectivity index is 2.26. The molecule has 2 heterocycles. The van der Waals surface area contributed by atoms with Gasteiger partial charge in [0, 0.05) is 17.3 Å². The van der Waals surface area contributed by atoms with Gasteiger partial charge in [0.05, 0.1) is 6.54 Å². The molecule has 0 radical (unpaired) electrons. The highest BCUT2D eigenvalue weighted by Crippen LogP contribution is 2.10. The molecule has 0 fully saturated rings. The second kappa shape index (κ2) is 3.34. The maximum Gasteiger partial charge on any atom is 0.147 e. The van der Waals surface area contributed by atoms with Gasteiger partial charge in [0.1, 0.15) is 11.5 Å². The van der Waals surface area contributed by atoms with Gasteiger partial charge in [0.25, 0.3) is 0 Å². The van der Waals surface area contributed by atoms with Crippen molar-refractivity contribution < 1.29 is 0 Å². The lowest BCUT2D eigenvalue weighted by Crippen LogP contribution is -2.28. The molecule has 0 aromatic carbocycles. The lowest BCUT2D eigenvalue weighted by molar-refractivity contribution is 0.725. The highest BCUT2D eigenvalue weighted by atomic mass is 35.5. The second-order valence-corrected chi connectivity index (χ2v) is 3.53. The number of amidine groups is 1. The number of pyridine rings is 1. The Labute approximate surface area is 81.9 Å². The van der Waals surface area contributed by atoms with Crippen molar-refractivity contribution in [1.82, 2.24) is 10.3 Å². The minimum absolute atomic E-state index is 0.399. The summed E-state index contributed by atoms with van der Waals surface area (Å²) < 4.78 is 0. The van der Waals surface area contributed by atoms with Crippen LogP contribution in [0.5, 0.6) is 0 Å². The average molecular weight is 196 g/mol. The molecule has 2 rings (SSSR count). The Kier molecular flexibility index (Phi) is 2.19. The molecule has 4 heteroatoms. The number of halogens is 1. The lowest BCUT2D eigenvalue weighted by Gasteiger charge is -2.04. The largest absolute Gasteiger partial charge is 0.364 e. The molecule has 0 spiro atoms. The monoisotopic (exact) mass is 195 g/mol. The highest BCUT2D eigenvalue weighted by molar-refractivity contribution is 6.30. The van der Waals surface area contributed by atoms with Crippen LogP contribution in [-0.2, 0) is 0 Å². The number of hydrogen-bond acceptors (Lipinski definition) is 3. The average Bonchev–Trinajstić information content (AvgIpc) is 2.52. The van der Waals surface area contributed by atoms with Crippen LogP contribution in [0.4, 0.5) is 0 Å². The third-order valence-corrected chi connectivity index (χ3v) is 2.11. The summed E-state index contributed by atoms with van der Waals surface area (Å²) in [7, 11) is 0. The molecule has 0 bridgehead atoms. The van der Waals surface area contributed by atoms with Crippen molar-refractivity contribution >= 4 is 17.4 Å². The molecule has 68 valence electrons. The van der Waals surface area contributed by atoms with Crippen LogP contribution in [0.3, 0.4) is 0 Å². The van der Waals surface area contributed by atoms with E-state index < -0.39 is 0 Å². The number of nitrogens with zero attached hydrogens (tertiary/aromatic N) is 2. The predicted molar refractivity (Wildman–Crippen MR) is 53.2 cm³/mol. The van der Waals surface area contributed by atoms with Gasteiger partial charge < -0.3 is 5.32 Å². The first-order valence-corrected chi connectivity index (χ1v) is 4.56. The molecule has 3 nitrogen and oxygen atoms in total. The molecule has 13 heavy (non-hydrogen) atoms. The van der Waals surface area contributed by atoms with E-state index in [4.69, 9.17) is 11.6 Å². The van der Waals surface area contributed by atoms with Crippen LogP contribution in [0, 0.1) is 0 Å². The van der Waals surface area contributed by atoms with Gasteiger partial charge >= 0.3 is 0 Å². The summed E-state index contributed by atoms with van der Waals surface area (Å²) in [4.78, 5) is 8.49. The number of rotatable bonds is 1. The fraction of sp³-hybridized carbons (Fsp3) is 0.333. The van der Waals surface area contributed by atoms with Crippen LogP contribution in [-0.4, -0.2) is 23.4 Å². The summed E-state index contributed by atoms with van der Waals surface area (Å²) >= 11 is 5.84. The SMILES string of the molecule is CC1CN=C(c2cc(Cl)ccn2)N1. The summed E-state index contributed by atoms with van der Waals surface area (Å²) in [6.45, 7) is 2.89. The van der Waals surface area contributed by atoms with E-state index >= 15 is 0 Å². The van der Waals surface area contributed by atoms with Crippen LogP contribution in [0.25, 0.3) is 0 Å². The maximum atomic E-state index is 5.84. The maximum absolute atomic E-state index is 5.84. The zero-order valence-electron chi connectivity index (χ0n) is 7.29. The summed E-state index contributed by atoms with van der Waals surface area (Å²) in [5.41, 5.74) is 0.817. The molecule has 1 aromatic heterocycles. The third kappa shape index (κ3) is 1.80. The van der Waals surface area contributed by atoms with E-state index in [1.165, 1.54) is 0 Å². The van der Waals surface area contributed by atoms with Crippen LogP contribution in [0.1, 0.15) is 12.6 Å². The van der Waals surface area contributed by atoms with E-state index in [2.05, 4.69) is 22.2 Å². The van der Waals surface area contributed by atoms with Gasteiger partial charge in [0.2, 0.25) is 0 Å². The standard InChI is InChI=1S/C9H10ClN3/c1-6-5-12-9(13-6)8-4-7(10)2-3-11-8/h2-4,6H,5H2,1H3,(H,12,13). The summed E-state index contributed by atoms with van der Waals surface area (Å²) in [5, 5.41) is 3.92. The molecule has 1 unspecified atom stereocenters. The van der Waals surface area contributed by atoms with Crippen molar-refractivity contribution in [2.45, 2.75) is 13.0 Å². The van der Waals surface area contributed by atoms with E-state index in [9.17, 15) is 0 Å². The fourth-order valence-electron chi connectivity index (χ4n) is 1.24. The summed E-state index contributed by atoms with van der Waals surface area (Å²) in [5.74, 6) is 0.843. The van der Waals surface area contributed by atoms with Gasteiger partial charge in [-0.3, -0.25) is 9.98 Å². The summed E-state index contributed by atoms with van der Waals surface area (Å²) in [6, 6.07) is 3.96. The molecular weight excluding hydrogens is 186 g/mol. The van der Waals surface area contributed by atoms with E-state index in [0.29, 0.717) is 11.1 Å². The van der Waals surface area contributed by atoms with Crippen molar-refractivity contribution in [3.8, 4) is 0 Å². The van der Waals surface area contributed by atoms with Gasteiger partial charge in [-0.1, -0.05) is 11.6 Å². The quantitative estimate of drug-likeness (QED) is 0.737. The molecule has 0 amide bonds. The molecule has 0 saturated carbocycles. The van der Waals surface area contributed by atoms with Gasteiger partial charge in [0.15, 0.2) is 0 Å². The van der Waals surface area contributed by atoms with Crippen LogP contribution in [0.15, 0.2) is 23.3 Å². The minimum Gasteiger partial charge on any atom is -0.364 e. The molecule has 0 saturated heterocycles. The Morgan fingerprint density at radius 1 is 1.62 bits per heavy atom. The molecule has 0 aliphatic carbocycles. The first-order valence-electron chi connectivity index (χ1n) is 4.18. The number of nitrogens with one attached hydrogen (secondary N) is 1. The number of hydrogen-bond donors (Lipinski definition) is 1. The van der Waals surface area contributed by atoms with Crippen LogP contribution < -0.4 is 5.32 Å². The predicted octanol–water partition coefficient (Wildman–Crippen LogP) is 1.47. The smallest absolute Gasteiger partial charge is 0.147 e. The topological polar surface area (TPSA) is 37.3 Å². The first-order chi connectivity index (χ1) is 6.25. The van der Waals surface area contributed by atoms with Crippen molar-refractivity contribution in [1.29, 1.82) is 0 Å². The van der Waals surface area contributed by atoms with E-state index in [0.717, 1.165) is 18.1 Å². The zero-order valence-corrected chi connectivity index (χ0v) is 8.04. The molecule has 1 atom stereocenters. The first kappa shape index (κ1) is 8.51. The Bertz CT molecular complexity index is 348. The Morgan fingerprint density at radius 3 is 3.08 bits per heavy atom. The second-order valence-electron chi connectivity index (χ2n) is 3.09. The molecule has 1 aliphatic rings. The lowest BCUT2D eigenvalue weighted by atomic mass is 10.3. The van der Waals surface area contributed by atoms with Gasteiger partial charge in [-0.25, -0.2) is 0 Å². The molecule has 1 N–H and O–H groups in total. The van der Waals surface area contributed by atoms with Crippen molar-refractivity contribution in [3.05, 3.63) is 29.0 Å². The molecular formula is C9H10ClN3. The van der Waals surface area contributed by atoms with Crippen molar-refractivity contribution in [2.75, 3.05) is 6.54 Å². The normalized spacial score (nSPS) is 21.1. The number of aliphatic imine (C=N–C) groups is 1. The van der Waals surface area contributed by atoms with Crippen LogP contribution in [0.2, 0.25) is 5.02 Å². The van der Waals surface area contributed by atoms with Crippen molar-refractivity contribution in [2.24, 2.45) is 4.99 Å². The summed E-state index contributed by atoms with van der Waals surface area (Å²) in [6.07, 6.45) is 1.69. The Hall–Kier alpha value is -1.09. The van der Waals surface area contributed by atoms with Gasteiger partial charge in [-0.2, -0.15) is 0 Å².